The Labute approximate surface area is 124 Å². The Morgan fingerprint density at radius 1 is 1.00 bits per heavy atom. The van der Waals surface area contributed by atoms with Gasteiger partial charge in [0, 0.05) is 25.7 Å². The van der Waals surface area contributed by atoms with E-state index in [1.54, 1.807) is 0 Å². The highest BCUT2D eigenvalue weighted by Gasteiger charge is 2.36. The van der Waals surface area contributed by atoms with Gasteiger partial charge in [-0.3, -0.25) is 0 Å². The fourth-order valence-corrected chi connectivity index (χ4v) is 4.14. The van der Waals surface area contributed by atoms with Crippen LogP contribution >= 0.6 is 0 Å². The second kappa shape index (κ2) is 6.76. The van der Waals surface area contributed by atoms with Crippen molar-refractivity contribution in [3.8, 4) is 0 Å². The van der Waals surface area contributed by atoms with Gasteiger partial charge >= 0.3 is 0 Å². The average Bonchev–Trinajstić information content (AvgIpc) is 3.31. The molecule has 116 valence electrons. The molecule has 0 atom stereocenters. The number of nitrogens with zero attached hydrogens (tertiary/aromatic N) is 1. The Morgan fingerprint density at radius 2 is 1.70 bits per heavy atom. The Kier molecular flexibility index (Phi) is 5.00. The quantitative estimate of drug-likeness (QED) is 0.784. The lowest BCUT2D eigenvalue weighted by molar-refractivity contribution is 0.0657. The van der Waals surface area contributed by atoms with Gasteiger partial charge in [0.1, 0.15) is 0 Å². The molecule has 3 heteroatoms. The van der Waals surface area contributed by atoms with Crippen LogP contribution in [0.25, 0.3) is 0 Å². The van der Waals surface area contributed by atoms with Gasteiger partial charge in [-0.05, 0) is 62.9 Å². The summed E-state index contributed by atoms with van der Waals surface area (Å²) in [5.74, 6) is 0.568. The Morgan fingerprint density at radius 3 is 2.30 bits per heavy atom. The Bertz CT molecular complexity index is 289. The second-order valence-electron chi connectivity index (χ2n) is 7.62. The molecule has 3 nitrogen and oxygen atoms in total. The van der Waals surface area contributed by atoms with Crippen LogP contribution in [0, 0.1) is 11.3 Å². The van der Waals surface area contributed by atoms with Gasteiger partial charge in [-0.2, -0.15) is 0 Å². The number of aliphatic hydroxyl groups excluding tert-OH is 1. The zero-order chi connectivity index (χ0) is 13.8. The van der Waals surface area contributed by atoms with Crippen LogP contribution in [0.2, 0.25) is 0 Å². The van der Waals surface area contributed by atoms with Crippen LogP contribution in [0.1, 0.15) is 57.8 Å². The fourth-order valence-electron chi connectivity index (χ4n) is 4.14. The third-order valence-electron chi connectivity index (χ3n) is 5.78. The number of likely N-dealkylation sites (tertiary alicyclic amines) is 1. The van der Waals surface area contributed by atoms with Crippen molar-refractivity contribution in [3.05, 3.63) is 0 Å². The molecule has 0 amide bonds. The molecule has 0 radical (unpaired) electrons. The van der Waals surface area contributed by atoms with Crippen LogP contribution in [-0.4, -0.2) is 48.8 Å². The van der Waals surface area contributed by atoms with E-state index in [0.29, 0.717) is 17.9 Å². The molecule has 3 fully saturated rings. The van der Waals surface area contributed by atoms with E-state index >= 15 is 0 Å². The zero-order valence-corrected chi connectivity index (χ0v) is 12.9. The molecular formula is C17H32N2O. The Hall–Kier alpha value is -0.120. The number of hydrogen-bond acceptors (Lipinski definition) is 3. The van der Waals surface area contributed by atoms with Gasteiger partial charge in [0.25, 0.3) is 0 Å². The van der Waals surface area contributed by atoms with Crippen molar-refractivity contribution in [1.29, 1.82) is 0 Å². The van der Waals surface area contributed by atoms with Crippen LogP contribution in [-0.2, 0) is 0 Å². The summed E-state index contributed by atoms with van der Waals surface area (Å²) in [6.45, 7) is 5.34. The van der Waals surface area contributed by atoms with Crippen LogP contribution in [0.15, 0.2) is 0 Å². The third kappa shape index (κ3) is 3.96. The smallest absolute Gasteiger partial charge is 0.0460 e. The van der Waals surface area contributed by atoms with Crippen LogP contribution in [0.5, 0.6) is 0 Å². The first-order valence-corrected chi connectivity index (χ1v) is 8.86. The molecule has 3 rings (SSSR count). The van der Waals surface area contributed by atoms with Gasteiger partial charge in [-0.25, -0.2) is 0 Å². The van der Waals surface area contributed by atoms with Crippen molar-refractivity contribution >= 4 is 0 Å². The van der Waals surface area contributed by atoms with Gasteiger partial charge in [0.05, 0.1) is 0 Å². The van der Waals surface area contributed by atoms with E-state index in [0.717, 1.165) is 6.04 Å². The molecule has 0 aromatic rings. The van der Waals surface area contributed by atoms with Gasteiger partial charge in [0.2, 0.25) is 0 Å². The summed E-state index contributed by atoms with van der Waals surface area (Å²) in [7, 11) is 0. The standard InChI is InChI=1S/C17H32N2O/c20-12-15-6-10-19(11-7-15)14-17(8-2-1-3-9-17)13-18-16-4-5-16/h15-16,18,20H,1-14H2. The maximum atomic E-state index is 9.27. The molecular weight excluding hydrogens is 248 g/mol. The van der Waals surface area contributed by atoms with Crippen LogP contribution in [0.3, 0.4) is 0 Å². The lowest BCUT2D eigenvalue weighted by Crippen LogP contribution is -2.48. The maximum absolute atomic E-state index is 9.27. The van der Waals surface area contributed by atoms with E-state index in [2.05, 4.69) is 10.2 Å². The summed E-state index contributed by atoms with van der Waals surface area (Å²) in [5.41, 5.74) is 0.549. The number of nitrogens with one attached hydrogen (secondary N) is 1. The predicted octanol–water partition coefficient (Wildman–Crippen LogP) is 2.39. The topological polar surface area (TPSA) is 35.5 Å². The molecule has 0 aromatic carbocycles. The number of piperidine rings is 1. The highest BCUT2D eigenvalue weighted by molar-refractivity contribution is 4.92. The minimum Gasteiger partial charge on any atom is -0.396 e. The van der Waals surface area contributed by atoms with E-state index in [9.17, 15) is 5.11 Å². The van der Waals surface area contributed by atoms with Crippen molar-refractivity contribution in [2.24, 2.45) is 11.3 Å². The first-order valence-electron chi connectivity index (χ1n) is 8.86. The van der Waals surface area contributed by atoms with E-state index in [1.807, 2.05) is 0 Å². The Balaban J connectivity index is 1.52. The van der Waals surface area contributed by atoms with Crippen LogP contribution < -0.4 is 5.32 Å². The normalized spacial score (nSPS) is 28.6. The summed E-state index contributed by atoms with van der Waals surface area (Å²) in [6.07, 6.45) is 12.3. The SMILES string of the molecule is OCC1CCN(CC2(CNC3CC3)CCCCC2)CC1. The summed E-state index contributed by atoms with van der Waals surface area (Å²) in [4.78, 5) is 2.69. The molecule has 2 saturated carbocycles. The molecule has 2 N–H and O–H groups in total. The molecule has 0 unspecified atom stereocenters. The predicted molar refractivity (Wildman–Crippen MR) is 82.8 cm³/mol. The van der Waals surface area contributed by atoms with Crippen molar-refractivity contribution in [2.45, 2.75) is 63.8 Å². The highest BCUT2D eigenvalue weighted by atomic mass is 16.3. The van der Waals surface area contributed by atoms with E-state index in [4.69, 9.17) is 0 Å². The van der Waals surface area contributed by atoms with Crippen molar-refractivity contribution in [2.75, 3.05) is 32.8 Å². The molecule has 20 heavy (non-hydrogen) atoms. The summed E-state index contributed by atoms with van der Waals surface area (Å²) < 4.78 is 0. The highest BCUT2D eigenvalue weighted by Crippen LogP contribution is 2.38. The molecule has 0 aromatic heterocycles. The number of aliphatic hydroxyl groups is 1. The van der Waals surface area contributed by atoms with E-state index in [-0.39, 0.29) is 0 Å². The van der Waals surface area contributed by atoms with Crippen molar-refractivity contribution in [3.63, 3.8) is 0 Å². The molecule has 0 spiro atoms. The van der Waals surface area contributed by atoms with E-state index in [1.165, 1.54) is 84.0 Å². The molecule has 2 aliphatic carbocycles. The first kappa shape index (κ1) is 14.8. The molecule has 3 aliphatic rings. The van der Waals surface area contributed by atoms with Crippen LogP contribution in [0.4, 0.5) is 0 Å². The number of hydrogen-bond donors (Lipinski definition) is 2. The fraction of sp³-hybridized carbons (Fsp3) is 1.00. The minimum absolute atomic E-state index is 0.391. The van der Waals surface area contributed by atoms with Gasteiger partial charge in [-0.1, -0.05) is 19.3 Å². The lowest BCUT2D eigenvalue weighted by Gasteiger charge is -2.43. The van der Waals surface area contributed by atoms with Crippen molar-refractivity contribution < 1.29 is 5.11 Å². The lowest BCUT2D eigenvalue weighted by atomic mass is 9.73. The monoisotopic (exact) mass is 280 g/mol. The zero-order valence-electron chi connectivity index (χ0n) is 12.9. The molecule has 1 aliphatic heterocycles. The summed E-state index contributed by atoms with van der Waals surface area (Å²) in [6, 6.07) is 0.842. The van der Waals surface area contributed by atoms with E-state index < -0.39 is 0 Å². The average molecular weight is 280 g/mol. The van der Waals surface area contributed by atoms with Crippen molar-refractivity contribution in [1.82, 2.24) is 10.2 Å². The molecule has 0 bridgehead atoms. The largest absolute Gasteiger partial charge is 0.396 e. The number of rotatable bonds is 6. The first-order chi connectivity index (χ1) is 9.80. The van der Waals surface area contributed by atoms with Gasteiger partial charge in [0.15, 0.2) is 0 Å². The minimum atomic E-state index is 0.391. The van der Waals surface area contributed by atoms with Gasteiger partial charge < -0.3 is 15.3 Å². The van der Waals surface area contributed by atoms with Gasteiger partial charge in [-0.15, -0.1) is 0 Å². The maximum Gasteiger partial charge on any atom is 0.0460 e. The molecule has 1 heterocycles. The summed E-state index contributed by atoms with van der Waals surface area (Å²) in [5, 5.41) is 13.1. The third-order valence-corrected chi connectivity index (χ3v) is 5.78. The summed E-state index contributed by atoms with van der Waals surface area (Å²) >= 11 is 0. The second-order valence-corrected chi connectivity index (χ2v) is 7.62. The molecule has 1 saturated heterocycles.